The number of nitrogens with zero attached hydrogens (tertiary/aromatic N) is 6. The number of aryl methyl sites for hydroxylation is 1. The number of nitrogens with one attached hydrogen (secondary N) is 2. The zero-order chi connectivity index (χ0) is 27.6. The van der Waals surface area contributed by atoms with Crippen LogP contribution in [0.2, 0.25) is 10.0 Å². The van der Waals surface area contributed by atoms with E-state index in [0.29, 0.717) is 28.1 Å². The molecule has 1 aliphatic rings. The van der Waals surface area contributed by atoms with Crippen LogP contribution in [0.15, 0.2) is 65.7 Å². The highest BCUT2D eigenvalue weighted by Crippen LogP contribution is 2.33. The van der Waals surface area contributed by atoms with Gasteiger partial charge in [0.2, 0.25) is 5.62 Å². The van der Waals surface area contributed by atoms with E-state index in [0.717, 1.165) is 27.9 Å². The van der Waals surface area contributed by atoms with Gasteiger partial charge in [0.1, 0.15) is 0 Å². The largest absolute Gasteiger partial charge is 0.313 e. The lowest BCUT2D eigenvalue weighted by Gasteiger charge is -2.21. The number of benzene rings is 3. The summed E-state index contributed by atoms with van der Waals surface area (Å²) in [5.74, 6) is 0.445. The second-order valence-corrected chi connectivity index (χ2v) is 10.9. The molecule has 40 heavy (non-hydrogen) atoms. The number of aromatic nitrogens is 6. The molecular formula is C29H28Cl2N8O. The fourth-order valence-electron chi connectivity index (χ4n) is 5.40. The maximum atomic E-state index is 12.5. The SMILES string of the molecule is Cn1c(=Nc2ccc(C3CCCCC3)cc2)n(Cc2ccc(C(=O)Nc3nn[nH]n3)cc2)c2cc(Cl)c(Cl)cc21. The lowest BCUT2D eigenvalue weighted by Crippen LogP contribution is -2.24. The molecular weight excluding hydrogens is 547 g/mol. The summed E-state index contributed by atoms with van der Waals surface area (Å²) in [4.78, 5) is 17.6. The van der Waals surface area contributed by atoms with Crippen molar-refractivity contribution in [2.45, 2.75) is 44.6 Å². The molecule has 0 radical (unpaired) electrons. The molecule has 2 heterocycles. The van der Waals surface area contributed by atoms with Crippen molar-refractivity contribution in [1.29, 1.82) is 0 Å². The fraction of sp³-hybridized carbons (Fsp3) is 0.276. The number of H-pyrrole nitrogens is 1. The van der Waals surface area contributed by atoms with E-state index in [1.54, 1.807) is 12.1 Å². The molecule has 0 bridgehead atoms. The number of halogens is 2. The van der Waals surface area contributed by atoms with E-state index < -0.39 is 0 Å². The van der Waals surface area contributed by atoms with Gasteiger partial charge in [-0.2, -0.15) is 5.21 Å². The van der Waals surface area contributed by atoms with Gasteiger partial charge in [0.25, 0.3) is 11.9 Å². The Kier molecular flexibility index (Phi) is 7.40. The van der Waals surface area contributed by atoms with E-state index >= 15 is 0 Å². The van der Waals surface area contributed by atoms with Gasteiger partial charge < -0.3 is 9.13 Å². The lowest BCUT2D eigenvalue weighted by atomic mass is 9.84. The van der Waals surface area contributed by atoms with Gasteiger partial charge in [-0.05, 0) is 71.5 Å². The van der Waals surface area contributed by atoms with Crippen molar-refractivity contribution in [3.05, 3.63) is 93.0 Å². The molecule has 1 saturated carbocycles. The molecule has 0 atom stereocenters. The molecule has 0 saturated heterocycles. The third-order valence-electron chi connectivity index (χ3n) is 7.54. The molecule has 1 aliphatic carbocycles. The maximum Gasteiger partial charge on any atom is 0.270 e. The van der Waals surface area contributed by atoms with Gasteiger partial charge >= 0.3 is 0 Å². The van der Waals surface area contributed by atoms with Crippen LogP contribution in [0.3, 0.4) is 0 Å². The number of rotatable bonds is 6. The number of carbonyl (C=O) groups is 1. The van der Waals surface area contributed by atoms with Crippen LogP contribution in [-0.4, -0.2) is 35.7 Å². The molecule has 2 aromatic heterocycles. The Morgan fingerprint density at radius 1 is 1.00 bits per heavy atom. The number of aromatic amines is 1. The van der Waals surface area contributed by atoms with Gasteiger partial charge in [-0.15, -0.1) is 5.10 Å². The summed E-state index contributed by atoms with van der Waals surface area (Å²) in [6.45, 7) is 0.515. The maximum absolute atomic E-state index is 12.5. The number of fused-ring (bicyclic) bond motifs is 1. The lowest BCUT2D eigenvalue weighted by molar-refractivity contribution is 0.102. The molecule has 0 aliphatic heterocycles. The summed E-state index contributed by atoms with van der Waals surface area (Å²) in [6, 6.07) is 19.7. The number of hydrogen-bond donors (Lipinski definition) is 2. The average Bonchev–Trinajstić information content (AvgIpc) is 3.57. The number of imidazole rings is 1. The predicted octanol–water partition coefficient (Wildman–Crippen LogP) is 6.38. The van der Waals surface area contributed by atoms with Crippen molar-refractivity contribution in [2.75, 3.05) is 5.32 Å². The number of tetrazole rings is 1. The van der Waals surface area contributed by atoms with Crippen LogP contribution in [0, 0.1) is 0 Å². The predicted molar refractivity (Wildman–Crippen MR) is 156 cm³/mol. The second-order valence-electron chi connectivity index (χ2n) is 10.1. The molecule has 1 fully saturated rings. The summed E-state index contributed by atoms with van der Waals surface area (Å²) in [5, 5.41) is 16.8. The van der Waals surface area contributed by atoms with Crippen molar-refractivity contribution >= 4 is 51.8 Å². The topological polar surface area (TPSA) is 106 Å². The van der Waals surface area contributed by atoms with Gasteiger partial charge in [-0.3, -0.25) is 10.1 Å². The highest BCUT2D eigenvalue weighted by Gasteiger charge is 2.16. The van der Waals surface area contributed by atoms with Gasteiger partial charge in [0.05, 0.1) is 33.3 Å². The van der Waals surface area contributed by atoms with Crippen LogP contribution in [0.1, 0.15) is 59.5 Å². The van der Waals surface area contributed by atoms with Gasteiger partial charge in [0, 0.05) is 12.6 Å². The quantitative estimate of drug-likeness (QED) is 0.245. The van der Waals surface area contributed by atoms with E-state index in [-0.39, 0.29) is 11.9 Å². The Morgan fingerprint density at radius 3 is 2.38 bits per heavy atom. The summed E-state index contributed by atoms with van der Waals surface area (Å²) in [5.41, 5.74) is 6.34. The second kappa shape index (κ2) is 11.3. The molecule has 11 heteroatoms. The molecule has 3 aromatic carbocycles. The Bertz CT molecular complexity index is 1720. The summed E-state index contributed by atoms with van der Waals surface area (Å²) >= 11 is 12.8. The van der Waals surface area contributed by atoms with E-state index in [4.69, 9.17) is 28.2 Å². The van der Waals surface area contributed by atoms with Crippen molar-refractivity contribution in [1.82, 2.24) is 29.8 Å². The van der Waals surface area contributed by atoms with Crippen LogP contribution >= 0.6 is 23.2 Å². The molecule has 204 valence electrons. The van der Waals surface area contributed by atoms with Gasteiger partial charge in [-0.25, -0.2) is 4.99 Å². The van der Waals surface area contributed by atoms with E-state index in [2.05, 4.69) is 54.8 Å². The number of anilines is 1. The Morgan fingerprint density at radius 2 is 1.70 bits per heavy atom. The summed E-state index contributed by atoms with van der Waals surface area (Å²) in [7, 11) is 1.98. The zero-order valence-electron chi connectivity index (χ0n) is 21.9. The molecule has 0 unspecified atom stereocenters. The van der Waals surface area contributed by atoms with Crippen LogP contribution in [0.4, 0.5) is 11.6 Å². The van der Waals surface area contributed by atoms with Crippen LogP contribution < -0.4 is 10.9 Å². The first-order valence-electron chi connectivity index (χ1n) is 13.3. The smallest absolute Gasteiger partial charge is 0.270 e. The van der Waals surface area contributed by atoms with Crippen LogP contribution in [-0.2, 0) is 13.6 Å². The molecule has 5 aromatic rings. The van der Waals surface area contributed by atoms with Crippen molar-refractivity contribution in [3.8, 4) is 0 Å². The average molecular weight is 576 g/mol. The minimum atomic E-state index is -0.320. The Labute approximate surface area is 240 Å². The van der Waals surface area contributed by atoms with Crippen molar-refractivity contribution in [3.63, 3.8) is 0 Å². The highest BCUT2D eigenvalue weighted by molar-refractivity contribution is 6.42. The minimum absolute atomic E-state index is 0.119. The first-order chi connectivity index (χ1) is 19.5. The number of amides is 1. The Balaban J connectivity index is 1.34. The van der Waals surface area contributed by atoms with E-state index in [1.165, 1.54) is 37.7 Å². The molecule has 6 rings (SSSR count). The summed E-state index contributed by atoms with van der Waals surface area (Å²) < 4.78 is 4.14. The molecule has 2 N–H and O–H groups in total. The van der Waals surface area contributed by atoms with Crippen molar-refractivity contribution in [2.24, 2.45) is 12.0 Å². The summed E-state index contributed by atoms with van der Waals surface area (Å²) in [6.07, 6.45) is 6.48. The standard InChI is InChI=1S/C29H28Cl2N8O/c1-38-25-15-23(30)24(31)16-26(25)39(17-18-7-9-21(10-8-18)27(40)33-28-34-36-37-35-28)29(38)32-22-13-11-20(12-14-22)19-5-3-2-4-6-19/h7-16,19H,2-6,17H2,1H3,(H2,33,34,35,36,37,40). The molecule has 9 nitrogen and oxygen atoms in total. The molecule has 1 amide bonds. The van der Waals surface area contributed by atoms with E-state index in [1.807, 2.05) is 35.9 Å². The fourth-order valence-corrected chi connectivity index (χ4v) is 5.72. The monoisotopic (exact) mass is 574 g/mol. The first kappa shape index (κ1) is 26.3. The number of hydrogen-bond acceptors (Lipinski definition) is 5. The highest BCUT2D eigenvalue weighted by atomic mass is 35.5. The van der Waals surface area contributed by atoms with Gasteiger partial charge in [-0.1, -0.05) is 71.8 Å². The van der Waals surface area contributed by atoms with Gasteiger partial charge in [0.15, 0.2) is 0 Å². The normalized spacial score (nSPS) is 14.6. The van der Waals surface area contributed by atoms with Crippen LogP contribution in [0.25, 0.3) is 11.0 Å². The third kappa shape index (κ3) is 5.39. The Hall–Kier alpha value is -3.95. The third-order valence-corrected chi connectivity index (χ3v) is 8.26. The van der Waals surface area contributed by atoms with Crippen LogP contribution in [0.5, 0.6) is 0 Å². The zero-order valence-corrected chi connectivity index (χ0v) is 23.5. The minimum Gasteiger partial charge on any atom is -0.313 e. The number of carbonyl (C=O) groups excluding carboxylic acids is 1. The van der Waals surface area contributed by atoms with E-state index in [9.17, 15) is 4.79 Å². The first-order valence-corrected chi connectivity index (χ1v) is 14.0. The van der Waals surface area contributed by atoms with Crippen molar-refractivity contribution < 1.29 is 4.79 Å². The molecule has 0 spiro atoms.